The van der Waals surface area contributed by atoms with Crippen LogP contribution in [-0.4, -0.2) is 40.8 Å². The van der Waals surface area contributed by atoms with Gasteiger partial charge >= 0.3 is 0 Å². The molecule has 1 aliphatic heterocycles. The van der Waals surface area contributed by atoms with Crippen molar-refractivity contribution in [2.24, 2.45) is 0 Å². The Morgan fingerprint density at radius 3 is 2.62 bits per heavy atom. The van der Waals surface area contributed by atoms with Crippen molar-refractivity contribution in [3.63, 3.8) is 0 Å². The molecule has 3 rings (SSSR count). The van der Waals surface area contributed by atoms with Crippen molar-refractivity contribution >= 4 is 29.1 Å². The molecule has 0 saturated carbocycles. The van der Waals surface area contributed by atoms with Crippen LogP contribution < -0.4 is 5.32 Å². The Morgan fingerprint density at radius 1 is 1.24 bits per heavy atom. The second-order valence-electron chi connectivity index (χ2n) is 7.08. The van der Waals surface area contributed by atoms with Gasteiger partial charge in [0.2, 0.25) is 5.91 Å². The zero-order valence-electron chi connectivity index (χ0n) is 16.1. The predicted octanol–water partition coefficient (Wildman–Crippen LogP) is 3.52. The standard InChI is InChI=1S/C21H22ClN3O4/c1-14-13-16(6-9-18(14)25(28)29)21(27)24-12-2-3-19(24)20(26)23-11-10-15-4-7-17(22)8-5-15/h4-9,13,19H,2-3,10-12H2,1H3,(H,23,26). The zero-order chi connectivity index (χ0) is 21.0. The summed E-state index contributed by atoms with van der Waals surface area (Å²) < 4.78 is 0. The smallest absolute Gasteiger partial charge is 0.272 e. The van der Waals surface area contributed by atoms with Crippen LogP contribution in [0.25, 0.3) is 0 Å². The number of aryl methyl sites for hydroxylation is 1. The fourth-order valence-corrected chi connectivity index (χ4v) is 3.67. The van der Waals surface area contributed by atoms with Crippen molar-refractivity contribution in [3.8, 4) is 0 Å². The van der Waals surface area contributed by atoms with Crippen molar-refractivity contribution in [1.82, 2.24) is 10.2 Å². The molecule has 152 valence electrons. The van der Waals surface area contributed by atoms with E-state index in [2.05, 4.69) is 5.32 Å². The van der Waals surface area contributed by atoms with Crippen molar-refractivity contribution in [2.75, 3.05) is 13.1 Å². The minimum Gasteiger partial charge on any atom is -0.354 e. The number of carbonyl (C=O) groups is 2. The first-order valence-electron chi connectivity index (χ1n) is 9.45. The maximum atomic E-state index is 12.9. The molecular weight excluding hydrogens is 394 g/mol. The van der Waals surface area contributed by atoms with E-state index in [9.17, 15) is 19.7 Å². The van der Waals surface area contributed by atoms with Gasteiger partial charge in [-0.2, -0.15) is 0 Å². The van der Waals surface area contributed by atoms with Crippen molar-refractivity contribution in [1.29, 1.82) is 0 Å². The number of nitrogens with zero attached hydrogens (tertiary/aromatic N) is 2. The molecule has 0 bridgehead atoms. The van der Waals surface area contributed by atoms with Gasteiger partial charge in [0.15, 0.2) is 0 Å². The van der Waals surface area contributed by atoms with Crippen LogP contribution in [0.5, 0.6) is 0 Å². The second kappa shape index (κ2) is 9.05. The van der Waals surface area contributed by atoms with Crippen LogP contribution >= 0.6 is 11.6 Å². The first-order valence-corrected chi connectivity index (χ1v) is 9.83. The summed E-state index contributed by atoms with van der Waals surface area (Å²) in [5.41, 5.74) is 1.81. The molecule has 1 unspecified atom stereocenters. The first kappa shape index (κ1) is 20.8. The lowest BCUT2D eigenvalue weighted by atomic mass is 10.1. The summed E-state index contributed by atoms with van der Waals surface area (Å²) in [5.74, 6) is -0.457. The number of nitro groups is 1. The highest BCUT2D eigenvalue weighted by Crippen LogP contribution is 2.24. The fraction of sp³-hybridized carbons (Fsp3) is 0.333. The van der Waals surface area contributed by atoms with Gasteiger partial charge in [-0.25, -0.2) is 0 Å². The van der Waals surface area contributed by atoms with Crippen molar-refractivity contribution in [3.05, 3.63) is 74.3 Å². The maximum Gasteiger partial charge on any atom is 0.272 e. The topological polar surface area (TPSA) is 92.6 Å². The summed E-state index contributed by atoms with van der Waals surface area (Å²) in [6.45, 7) is 2.56. The van der Waals surface area contributed by atoms with Crippen molar-refractivity contribution in [2.45, 2.75) is 32.2 Å². The van der Waals surface area contributed by atoms with E-state index in [-0.39, 0.29) is 17.5 Å². The van der Waals surface area contributed by atoms with Crippen LogP contribution in [0.15, 0.2) is 42.5 Å². The highest BCUT2D eigenvalue weighted by atomic mass is 35.5. The third kappa shape index (κ3) is 4.92. The van der Waals surface area contributed by atoms with Gasteiger partial charge in [0.25, 0.3) is 11.6 Å². The first-order chi connectivity index (χ1) is 13.9. The number of amides is 2. The normalized spacial score (nSPS) is 15.9. The summed E-state index contributed by atoms with van der Waals surface area (Å²) in [7, 11) is 0. The third-order valence-electron chi connectivity index (χ3n) is 5.08. The molecule has 1 aliphatic rings. The number of benzene rings is 2. The molecule has 1 heterocycles. The molecule has 1 N–H and O–H groups in total. The van der Waals surface area contributed by atoms with E-state index < -0.39 is 11.0 Å². The van der Waals surface area contributed by atoms with E-state index in [1.165, 1.54) is 18.2 Å². The highest BCUT2D eigenvalue weighted by Gasteiger charge is 2.34. The number of hydrogen-bond acceptors (Lipinski definition) is 4. The summed E-state index contributed by atoms with van der Waals surface area (Å²) in [6.07, 6.45) is 2.02. The number of nitro benzene ring substituents is 1. The Labute approximate surface area is 173 Å². The molecule has 0 aliphatic carbocycles. The largest absolute Gasteiger partial charge is 0.354 e. The van der Waals surface area contributed by atoms with Crippen LogP contribution in [0.2, 0.25) is 5.02 Å². The van der Waals surface area contributed by atoms with E-state index >= 15 is 0 Å². The van der Waals surface area contributed by atoms with Gasteiger partial charge in [-0.1, -0.05) is 23.7 Å². The molecule has 8 heteroatoms. The Bertz CT molecular complexity index is 930. The summed E-state index contributed by atoms with van der Waals surface area (Å²) >= 11 is 5.87. The molecule has 1 atom stereocenters. The monoisotopic (exact) mass is 415 g/mol. The fourth-order valence-electron chi connectivity index (χ4n) is 3.54. The number of likely N-dealkylation sites (tertiary alicyclic amines) is 1. The van der Waals surface area contributed by atoms with Crippen LogP contribution in [-0.2, 0) is 11.2 Å². The average molecular weight is 416 g/mol. The molecule has 0 aromatic heterocycles. The van der Waals surface area contributed by atoms with E-state index in [1.807, 2.05) is 24.3 Å². The lowest BCUT2D eigenvalue weighted by Crippen LogP contribution is -2.46. The van der Waals surface area contributed by atoms with Gasteiger partial charge in [0.05, 0.1) is 4.92 Å². The highest BCUT2D eigenvalue weighted by molar-refractivity contribution is 6.30. The number of rotatable bonds is 6. The Morgan fingerprint density at radius 2 is 1.97 bits per heavy atom. The molecular formula is C21H22ClN3O4. The molecule has 2 aromatic rings. The molecule has 7 nitrogen and oxygen atoms in total. The van der Waals surface area contributed by atoms with Crippen LogP contribution in [0.1, 0.15) is 34.3 Å². The van der Waals surface area contributed by atoms with E-state index in [0.29, 0.717) is 42.1 Å². The number of halogens is 1. The molecule has 29 heavy (non-hydrogen) atoms. The maximum absolute atomic E-state index is 12.9. The number of nitrogens with one attached hydrogen (secondary N) is 1. The van der Waals surface area contributed by atoms with Gasteiger partial charge in [0, 0.05) is 35.3 Å². The minimum absolute atomic E-state index is 0.0283. The Hall–Kier alpha value is -2.93. The average Bonchev–Trinajstić information content (AvgIpc) is 3.18. The lowest BCUT2D eigenvalue weighted by Gasteiger charge is -2.24. The van der Waals surface area contributed by atoms with E-state index in [4.69, 9.17) is 11.6 Å². The molecule has 0 spiro atoms. The van der Waals surface area contributed by atoms with Gasteiger partial charge in [-0.15, -0.1) is 0 Å². The summed E-state index contributed by atoms with van der Waals surface area (Å²) in [6, 6.07) is 11.2. The second-order valence-corrected chi connectivity index (χ2v) is 7.52. The molecule has 2 amide bonds. The molecule has 0 radical (unpaired) electrons. The third-order valence-corrected chi connectivity index (χ3v) is 5.33. The van der Waals surface area contributed by atoms with Gasteiger partial charge in [-0.3, -0.25) is 19.7 Å². The number of carbonyl (C=O) groups excluding carboxylic acids is 2. The van der Waals surface area contributed by atoms with Crippen LogP contribution in [0, 0.1) is 17.0 Å². The summed E-state index contributed by atoms with van der Waals surface area (Å²) in [5, 5.41) is 14.5. The zero-order valence-corrected chi connectivity index (χ0v) is 16.8. The molecule has 1 saturated heterocycles. The summed E-state index contributed by atoms with van der Waals surface area (Å²) in [4.78, 5) is 37.6. The van der Waals surface area contributed by atoms with Gasteiger partial charge in [0.1, 0.15) is 6.04 Å². The quantitative estimate of drug-likeness (QED) is 0.577. The molecule has 1 fully saturated rings. The van der Waals surface area contributed by atoms with Gasteiger partial charge in [-0.05, 0) is 56.0 Å². The minimum atomic E-state index is -0.525. The molecule has 2 aromatic carbocycles. The van der Waals surface area contributed by atoms with Crippen molar-refractivity contribution < 1.29 is 14.5 Å². The van der Waals surface area contributed by atoms with E-state index in [1.54, 1.807) is 11.8 Å². The lowest BCUT2D eigenvalue weighted by molar-refractivity contribution is -0.385. The Balaban J connectivity index is 1.61. The number of hydrogen-bond donors (Lipinski definition) is 1. The van der Waals surface area contributed by atoms with E-state index in [0.717, 1.165) is 12.0 Å². The van der Waals surface area contributed by atoms with Crippen LogP contribution in [0.4, 0.5) is 5.69 Å². The van der Waals surface area contributed by atoms with Crippen LogP contribution in [0.3, 0.4) is 0 Å². The SMILES string of the molecule is Cc1cc(C(=O)N2CCCC2C(=O)NCCc2ccc(Cl)cc2)ccc1[N+](=O)[O-]. The predicted molar refractivity (Wildman–Crippen MR) is 110 cm³/mol. The Kier molecular flexibility index (Phi) is 6.49. The van der Waals surface area contributed by atoms with Gasteiger partial charge < -0.3 is 10.2 Å².